The smallest absolute Gasteiger partial charge is 0.339 e. The van der Waals surface area contributed by atoms with Gasteiger partial charge in [0.2, 0.25) is 5.17 Å². The van der Waals surface area contributed by atoms with Crippen molar-refractivity contribution in [3.63, 3.8) is 0 Å². The molecule has 164 valence electrons. The van der Waals surface area contributed by atoms with Crippen molar-refractivity contribution in [2.45, 2.75) is 31.6 Å². The van der Waals surface area contributed by atoms with Gasteiger partial charge in [-0.1, -0.05) is 36.8 Å². The topological polar surface area (TPSA) is 112 Å². The maximum absolute atomic E-state index is 12.6. The lowest BCUT2D eigenvalue weighted by molar-refractivity contribution is -0.114. The molecular weight excluding hydrogens is 448 g/mol. The summed E-state index contributed by atoms with van der Waals surface area (Å²) in [6.45, 7) is 3.89. The van der Waals surface area contributed by atoms with Gasteiger partial charge in [0, 0.05) is 0 Å². The summed E-state index contributed by atoms with van der Waals surface area (Å²) in [7, 11) is -4.01. The van der Waals surface area contributed by atoms with Crippen LogP contribution in [0.25, 0.3) is 6.08 Å². The number of aliphatic imine (C=N–C) groups is 1. The van der Waals surface area contributed by atoms with Crippen LogP contribution in [-0.4, -0.2) is 35.4 Å². The van der Waals surface area contributed by atoms with Gasteiger partial charge in [-0.3, -0.25) is 10.2 Å². The Bertz CT molecular complexity index is 1300. The minimum Gasteiger partial charge on any atom is -0.379 e. The number of benzene rings is 2. The Morgan fingerprint density at radius 1 is 1.19 bits per heavy atom. The first-order valence-electron chi connectivity index (χ1n) is 9.87. The number of nitrogens with zero attached hydrogens (tertiary/aromatic N) is 3. The number of hydrogen-bond acceptors (Lipinski definition) is 7. The normalized spacial score (nSPS) is 17.3. The largest absolute Gasteiger partial charge is 0.379 e. The predicted octanol–water partition coefficient (Wildman–Crippen LogP) is 4.18. The molecule has 2 aromatic rings. The summed E-state index contributed by atoms with van der Waals surface area (Å²) < 4.78 is 30.4. The summed E-state index contributed by atoms with van der Waals surface area (Å²) in [5, 5.41) is 15.3. The molecule has 0 aliphatic carbocycles. The molecule has 32 heavy (non-hydrogen) atoms. The quantitative estimate of drug-likeness (QED) is 0.503. The number of aryl methyl sites for hydroxylation is 1. The SMILES string of the molecule is CCCC1=NN2C(=N)/C(=C/c3cccc(OS(=O)(=O)c4ccc(C)cc4)c3)C(=O)N=C2S1. The molecule has 0 radical (unpaired) electrons. The molecule has 2 heterocycles. The van der Waals surface area contributed by atoms with Crippen LogP contribution in [0.5, 0.6) is 5.75 Å². The van der Waals surface area contributed by atoms with Crippen molar-refractivity contribution in [1.29, 1.82) is 5.41 Å². The zero-order chi connectivity index (χ0) is 22.9. The second kappa shape index (κ2) is 8.71. The van der Waals surface area contributed by atoms with E-state index in [1.807, 2.05) is 13.8 Å². The summed E-state index contributed by atoms with van der Waals surface area (Å²) in [5.74, 6) is -0.517. The highest BCUT2D eigenvalue weighted by atomic mass is 32.2. The molecule has 0 saturated heterocycles. The lowest BCUT2D eigenvalue weighted by atomic mass is 10.1. The maximum atomic E-state index is 12.6. The van der Waals surface area contributed by atoms with Crippen LogP contribution >= 0.6 is 11.8 Å². The average molecular weight is 469 g/mol. The van der Waals surface area contributed by atoms with Gasteiger partial charge >= 0.3 is 10.1 Å². The van der Waals surface area contributed by atoms with Crippen molar-refractivity contribution >= 4 is 49.9 Å². The molecule has 2 aliphatic heterocycles. The molecule has 4 rings (SSSR count). The molecule has 2 aliphatic rings. The molecule has 0 saturated carbocycles. The number of carbonyl (C=O) groups is 1. The lowest BCUT2D eigenvalue weighted by Crippen LogP contribution is -2.35. The van der Waals surface area contributed by atoms with E-state index in [-0.39, 0.29) is 22.1 Å². The van der Waals surface area contributed by atoms with Crippen LogP contribution < -0.4 is 4.18 Å². The van der Waals surface area contributed by atoms with Crippen LogP contribution in [0.4, 0.5) is 0 Å². The number of thioether (sulfide) groups is 1. The number of rotatable bonds is 6. The molecule has 0 unspecified atom stereocenters. The summed E-state index contributed by atoms with van der Waals surface area (Å²) >= 11 is 1.29. The molecule has 2 aromatic carbocycles. The van der Waals surface area contributed by atoms with Crippen molar-refractivity contribution < 1.29 is 17.4 Å². The number of hydrazone groups is 1. The molecule has 0 spiro atoms. The number of amidine groups is 2. The number of hydrogen-bond donors (Lipinski definition) is 1. The van der Waals surface area contributed by atoms with Gasteiger partial charge < -0.3 is 4.18 Å². The van der Waals surface area contributed by atoms with Crippen LogP contribution in [0.15, 0.2) is 69.1 Å². The molecule has 1 N–H and O–H groups in total. The van der Waals surface area contributed by atoms with Crippen molar-refractivity contribution in [2.75, 3.05) is 0 Å². The third-order valence-electron chi connectivity index (χ3n) is 4.64. The van der Waals surface area contributed by atoms with Gasteiger partial charge in [-0.15, -0.1) is 0 Å². The van der Waals surface area contributed by atoms with Crippen molar-refractivity contribution in [3.8, 4) is 5.75 Å². The van der Waals surface area contributed by atoms with Crippen molar-refractivity contribution in [2.24, 2.45) is 10.1 Å². The zero-order valence-electron chi connectivity index (χ0n) is 17.4. The molecule has 0 bridgehead atoms. The van der Waals surface area contributed by atoms with Crippen molar-refractivity contribution in [3.05, 3.63) is 65.2 Å². The van der Waals surface area contributed by atoms with E-state index in [1.54, 1.807) is 24.3 Å². The first-order chi connectivity index (χ1) is 15.3. The highest BCUT2D eigenvalue weighted by molar-refractivity contribution is 8.26. The number of carbonyl (C=O) groups excluding carboxylic acids is 1. The van der Waals surface area contributed by atoms with E-state index in [0.717, 1.165) is 23.4 Å². The van der Waals surface area contributed by atoms with Crippen LogP contribution in [-0.2, 0) is 14.9 Å². The maximum Gasteiger partial charge on any atom is 0.339 e. The monoisotopic (exact) mass is 468 g/mol. The van der Waals surface area contributed by atoms with Gasteiger partial charge in [-0.25, -0.2) is 0 Å². The van der Waals surface area contributed by atoms with Crippen LogP contribution in [0, 0.1) is 12.3 Å². The first kappa shape index (κ1) is 22.0. The second-order valence-electron chi connectivity index (χ2n) is 7.19. The van der Waals surface area contributed by atoms with Gasteiger partial charge in [0.15, 0.2) is 5.84 Å². The fourth-order valence-electron chi connectivity index (χ4n) is 3.05. The van der Waals surface area contributed by atoms with E-state index in [0.29, 0.717) is 10.7 Å². The Morgan fingerprint density at radius 3 is 2.66 bits per heavy atom. The molecule has 10 heteroatoms. The predicted molar refractivity (Wildman–Crippen MR) is 125 cm³/mol. The lowest BCUT2D eigenvalue weighted by Gasteiger charge is -2.20. The van der Waals surface area contributed by atoms with Crippen LogP contribution in [0.1, 0.15) is 30.9 Å². The van der Waals surface area contributed by atoms with E-state index in [1.165, 1.54) is 47.1 Å². The minimum atomic E-state index is -4.01. The molecule has 1 amide bonds. The second-order valence-corrected chi connectivity index (χ2v) is 9.77. The van der Waals surface area contributed by atoms with E-state index in [2.05, 4.69) is 10.1 Å². The number of nitrogens with one attached hydrogen (secondary N) is 1. The van der Waals surface area contributed by atoms with Gasteiger partial charge in [-0.05, 0) is 67.4 Å². The summed E-state index contributed by atoms with van der Waals surface area (Å²) in [6, 6.07) is 12.6. The standard InChI is InChI=1S/C22H20N4O4S2/c1-3-5-19-25-26-20(23)18(21(27)24-22(26)31-19)13-15-6-4-7-16(12-15)30-32(28,29)17-10-8-14(2)9-11-17/h4,6-13,23H,3,5H2,1-2H3/b18-13-,23-20?. The van der Waals surface area contributed by atoms with Crippen LogP contribution in [0.2, 0.25) is 0 Å². The van der Waals surface area contributed by atoms with E-state index < -0.39 is 16.0 Å². The fraction of sp³-hybridized carbons (Fsp3) is 0.182. The van der Waals surface area contributed by atoms with Gasteiger partial charge in [0.05, 0.1) is 5.57 Å². The molecular formula is C22H20N4O4S2. The third kappa shape index (κ3) is 4.51. The molecule has 8 nitrogen and oxygen atoms in total. The molecule has 0 fully saturated rings. The van der Waals surface area contributed by atoms with E-state index >= 15 is 0 Å². The molecule has 0 atom stereocenters. The third-order valence-corrected chi connectivity index (χ3v) is 6.87. The minimum absolute atomic E-state index is 0.0465. The Morgan fingerprint density at radius 2 is 1.94 bits per heavy atom. The van der Waals surface area contributed by atoms with Crippen LogP contribution in [0.3, 0.4) is 0 Å². The zero-order valence-corrected chi connectivity index (χ0v) is 19.0. The number of fused-ring (bicyclic) bond motifs is 1. The van der Waals surface area contributed by atoms with Crippen molar-refractivity contribution in [1.82, 2.24) is 5.01 Å². The first-order valence-corrected chi connectivity index (χ1v) is 12.1. The average Bonchev–Trinajstić information content (AvgIpc) is 3.14. The van der Waals surface area contributed by atoms with E-state index in [4.69, 9.17) is 9.59 Å². The van der Waals surface area contributed by atoms with Gasteiger partial charge in [0.25, 0.3) is 5.91 Å². The summed E-state index contributed by atoms with van der Waals surface area (Å²) in [4.78, 5) is 16.6. The van der Waals surface area contributed by atoms with Gasteiger partial charge in [0.1, 0.15) is 15.7 Å². The molecule has 0 aromatic heterocycles. The van der Waals surface area contributed by atoms with E-state index in [9.17, 15) is 13.2 Å². The highest BCUT2D eigenvalue weighted by Gasteiger charge is 2.35. The van der Waals surface area contributed by atoms with Gasteiger partial charge in [-0.2, -0.15) is 23.5 Å². The fourth-order valence-corrected chi connectivity index (χ4v) is 4.96. The Balaban J connectivity index is 1.59. The Labute approximate surface area is 190 Å². The number of amides is 1. The summed E-state index contributed by atoms with van der Waals surface area (Å²) in [6.07, 6.45) is 3.12. The Hall–Kier alpha value is -3.24. The highest BCUT2D eigenvalue weighted by Crippen LogP contribution is 2.30. The Kier molecular flexibility index (Phi) is 5.98. The summed E-state index contributed by atoms with van der Waals surface area (Å²) in [5.41, 5.74) is 1.50.